The van der Waals surface area contributed by atoms with Gasteiger partial charge in [0, 0.05) is 30.8 Å². The van der Waals surface area contributed by atoms with Gasteiger partial charge in [0.15, 0.2) is 0 Å². The maximum atomic E-state index is 12.7. The Bertz CT molecular complexity index is 801. The van der Waals surface area contributed by atoms with E-state index in [2.05, 4.69) is 18.3 Å². The Kier molecular flexibility index (Phi) is 6.12. The van der Waals surface area contributed by atoms with Crippen LogP contribution in [0.2, 0.25) is 0 Å². The Morgan fingerprint density at radius 1 is 1.15 bits per heavy atom. The fourth-order valence-electron chi connectivity index (χ4n) is 3.43. The number of rotatable bonds is 6. The molecule has 1 N–H and O–H groups in total. The molecule has 3 rings (SSSR count). The summed E-state index contributed by atoms with van der Waals surface area (Å²) < 4.78 is 5.09. The first-order chi connectivity index (χ1) is 13.1. The number of methoxy groups -OCH3 is 1. The van der Waals surface area contributed by atoms with Gasteiger partial charge in [-0.3, -0.25) is 9.59 Å². The van der Waals surface area contributed by atoms with Gasteiger partial charge in [-0.25, -0.2) is 0 Å². The number of amides is 2. The van der Waals surface area contributed by atoms with Crippen molar-refractivity contribution in [3.05, 3.63) is 59.7 Å². The summed E-state index contributed by atoms with van der Waals surface area (Å²) in [5.74, 6) is 1.18. The van der Waals surface area contributed by atoms with Crippen LogP contribution in [-0.4, -0.2) is 32.0 Å². The smallest absolute Gasteiger partial charge is 0.251 e. The van der Waals surface area contributed by atoms with E-state index in [0.717, 1.165) is 18.7 Å². The maximum Gasteiger partial charge on any atom is 0.251 e. The van der Waals surface area contributed by atoms with E-state index in [0.29, 0.717) is 36.6 Å². The van der Waals surface area contributed by atoms with Gasteiger partial charge in [0.1, 0.15) is 5.75 Å². The van der Waals surface area contributed by atoms with Crippen LogP contribution in [0.15, 0.2) is 48.5 Å². The Balaban J connectivity index is 1.48. The van der Waals surface area contributed by atoms with Gasteiger partial charge >= 0.3 is 0 Å². The average molecular weight is 366 g/mol. The minimum absolute atomic E-state index is 0.119. The summed E-state index contributed by atoms with van der Waals surface area (Å²) in [6, 6.07) is 15.1. The molecule has 2 aromatic carbocycles. The van der Waals surface area contributed by atoms with Crippen LogP contribution < -0.4 is 15.0 Å². The highest BCUT2D eigenvalue weighted by Crippen LogP contribution is 2.35. The number of fused-ring (bicyclic) bond motifs is 1. The van der Waals surface area contributed by atoms with Crippen molar-refractivity contribution in [3.63, 3.8) is 0 Å². The highest BCUT2D eigenvalue weighted by atomic mass is 16.5. The largest absolute Gasteiger partial charge is 0.497 e. The van der Waals surface area contributed by atoms with Gasteiger partial charge in [-0.2, -0.15) is 0 Å². The molecular weight excluding hydrogens is 340 g/mol. The molecule has 0 saturated heterocycles. The summed E-state index contributed by atoms with van der Waals surface area (Å²) in [6.07, 6.45) is 2.03. The number of anilines is 1. The predicted molar refractivity (Wildman–Crippen MR) is 106 cm³/mol. The van der Waals surface area contributed by atoms with Gasteiger partial charge < -0.3 is 15.0 Å². The van der Waals surface area contributed by atoms with E-state index in [-0.39, 0.29) is 11.8 Å². The van der Waals surface area contributed by atoms with Crippen LogP contribution in [0.5, 0.6) is 5.75 Å². The minimum atomic E-state index is -0.137. The highest BCUT2D eigenvalue weighted by Gasteiger charge is 2.25. The fraction of sp³-hybridized carbons (Fsp3) is 0.364. The van der Waals surface area contributed by atoms with Gasteiger partial charge in [-0.15, -0.1) is 0 Å². The fourth-order valence-corrected chi connectivity index (χ4v) is 3.43. The zero-order valence-electron chi connectivity index (χ0n) is 15.9. The number of ether oxygens (including phenoxy) is 1. The molecule has 5 heteroatoms. The average Bonchev–Trinajstić information content (AvgIpc) is 2.71. The van der Waals surface area contributed by atoms with Crippen LogP contribution in [0.4, 0.5) is 5.69 Å². The molecule has 0 aliphatic carbocycles. The predicted octanol–water partition coefficient (Wildman–Crippen LogP) is 3.75. The van der Waals surface area contributed by atoms with Crippen molar-refractivity contribution in [1.29, 1.82) is 0 Å². The summed E-state index contributed by atoms with van der Waals surface area (Å²) in [6.45, 7) is 3.44. The monoisotopic (exact) mass is 366 g/mol. The number of hydrogen-bond donors (Lipinski definition) is 1. The Morgan fingerprint density at radius 3 is 2.63 bits per heavy atom. The van der Waals surface area contributed by atoms with Crippen molar-refractivity contribution in [3.8, 4) is 5.75 Å². The molecule has 0 saturated carbocycles. The molecule has 1 unspecified atom stereocenters. The number of carbonyl (C=O) groups is 2. The molecule has 0 spiro atoms. The summed E-state index contributed by atoms with van der Waals surface area (Å²) in [4.78, 5) is 26.7. The van der Waals surface area contributed by atoms with Crippen molar-refractivity contribution in [2.75, 3.05) is 25.1 Å². The summed E-state index contributed by atoms with van der Waals surface area (Å²) in [5, 5.41) is 2.87. The molecule has 1 atom stereocenters. The number of carbonyl (C=O) groups excluding carboxylic acids is 2. The Labute approximate surface area is 160 Å². The summed E-state index contributed by atoms with van der Waals surface area (Å²) >= 11 is 0. The molecule has 27 heavy (non-hydrogen) atoms. The van der Waals surface area contributed by atoms with E-state index in [1.165, 1.54) is 5.56 Å². The van der Waals surface area contributed by atoms with E-state index in [9.17, 15) is 9.59 Å². The van der Waals surface area contributed by atoms with Crippen LogP contribution >= 0.6 is 0 Å². The van der Waals surface area contributed by atoms with Gasteiger partial charge in [0.05, 0.1) is 7.11 Å². The van der Waals surface area contributed by atoms with Crippen LogP contribution in [0, 0.1) is 0 Å². The zero-order chi connectivity index (χ0) is 19.2. The molecule has 0 bridgehead atoms. The number of nitrogens with one attached hydrogen (secondary N) is 1. The number of para-hydroxylation sites is 1. The molecular formula is C22H26N2O3. The van der Waals surface area contributed by atoms with Crippen LogP contribution in [0.25, 0.3) is 0 Å². The Morgan fingerprint density at radius 2 is 1.89 bits per heavy atom. The third kappa shape index (κ3) is 4.48. The molecule has 2 amide bonds. The normalized spacial score (nSPS) is 15.8. The zero-order valence-corrected chi connectivity index (χ0v) is 15.9. The standard InChI is InChI=1S/C22H26N2O3/c1-16-13-15-24(20-7-4-3-6-19(16)20)21(25)8-5-14-23-22(26)17-9-11-18(27-2)12-10-17/h3-4,6-7,9-12,16H,5,8,13-15H2,1-2H3,(H,23,26). The lowest BCUT2D eigenvalue weighted by Crippen LogP contribution is -2.36. The lowest BCUT2D eigenvalue weighted by atomic mass is 9.91. The van der Waals surface area contributed by atoms with Crippen molar-refractivity contribution >= 4 is 17.5 Å². The van der Waals surface area contributed by atoms with Crippen LogP contribution in [-0.2, 0) is 4.79 Å². The SMILES string of the molecule is COc1ccc(C(=O)NCCCC(=O)N2CCC(C)c3ccccc32)cc1. The molecule has 0 radical (unpaired) electrons. The second-order valence-electron chi connectivity index (χ2n) is 6.88. The number of nitrogens with zero attached hydrogens (tertiary/aromatic N) is 1. The third-order valence-corrected chi connectivity index (χ3v) is 5.05. The number of hydrogen-bond acceptors (Lipinski definition) is 3. The second kappa shape index (κ2) is 8.71. The Hall–Kier alpha value is -2.82. The molecule has 1 heterocycles. The molecule has 1 aliphatic rings. The molecule has 2 aromatic rings. The van der Waals surface area contributed by atoms with Crippen LogP contribution in [0.1, 0.15) is 48.0 Å². The van der Waals surface area contributed by atoms with Gasteiger partial charge in [0.2, 0.25) is 5.91 Å². The second-order valence-corrected chi connectivity index (χ2v) is 6.88. The molecule has 1 aliphatic heterocycles. The molecule has 0 fully saturated rings. The first-order valence-corrected chi connectivity index (χ1v) is 9.41. The highest BCUT2D eigenvalue weighted by molar-refractivity contribution is 5.95. The minimum Gasteiger partial charge on any atom is -0.497 e. The lowest BCUT2D eigenvalue weighted by Gasteiger charge is -2.33. The molecule has 5 nitrogen and oxygen atoms in total. The summed E-state index contributed by atoms with van der Waals surface area (Å²) in [7, 11) is 1.59. The van der Waals surface area contributed by atoms with Crippen LogP contribution in [0.3, 0.4) is 0 Å². The van der Waals surface area contributed by atoms with E-state index in [1.54, 1.807) is 31.4 Å². The van der Waals surface area contributed by atoms with Crippen molar-refractivity contribution in [2.24, 2.45) is 0 Å². The van der Waals surface area contributed by atoms with Gasteiger partial charge in [0.25, 0.3) is 5.91 Å². The third-order valence-electron chi connectivity index (χ3n) is 5.05. The molecule has 142 valence electrons. The van der Waals surface area contributed by atoms with Crippen molar-refractivity contribution in [1.82, 2.24) is 5.32 Å². The summed E-state index contributed by atoms with van der Waals surface area (Å²) in [5.41, 5.74) is 2.86. The van der Waals surface area contributed by atoms with Crippen molar-refractivity contribution < 1.29 is 14.3 Å². The topological polar surface area (TPSA) is 58.6 Å². The van der Waals surface area contributed by atoms with E-state index < -0.39 is 0 Å². The van der Waals surface area contributed by atoms with Gasteiger partial charge in [-0.1, -0.05) is 25.1 Å². The maximum absolute atomic E-state index is 12.7. The lowest BCUT2D eigenvalue weighted by molar-refractivity contribution is -0.118. The van der Waals surface area contributed by atoms with E-state index >= 15 is 0 Å². The van der Waals surface area contributed by atoms with Crippen molar-refractivity contribution in [2.45, 2.75) is 32.1 Å². The number of benzene rings is 2. The first kappa shape index (κ1) is 19.0. The quantitative estimate of drug-likeness (QED) is 0.792. The van der Waals surface area contributed by atoms with E-state index in [1.807, 2.05) is 23.1 Å². The van der Waals surface area contributed by atoms with E-state index in [4.69, 9.17) is 4.74 Å². The van der Waals surface area contributed by atoms with Gasteiger partial charge in [-0.05, 0) is 54.7 Å². The first-order valence-electron chi connectivity index (χ1n) is 9.41. The molecule has 0 aromatic heterocycles.